The van der Waals surface area contributed by atoms with Gasteiger partial charge in [0.25, 0.3) is 5.91 Å². The Bertz CT molecular complexity index is 557. The molecule has 0 aliphatic carbocycles. The van der Waals surface area contributed by atoms with Gasteiger partial charge in [-0.3, -0.25) is 9.59 Å². The third-order valence-corrected chi connectivity index (χ3v) is 3.83. The first-order chi connectivity index (χ1) is 10.6. The van der Waals surface area contributed by atoms with Crippen LogP contribution in [0.2, 0.25) is 0 Å². The summed E-state index contributed by atoms with van der Waals surface area (Å²) in [6.07, 6.45) is 3.54. The fourth-order valence-corrected chi connectivity index (χ4v) is 2.67. The number of amides is 2. The molecular weight excluding hydrogens is 278 g/mol. The fraction of sp³-hybridized carbons (Fsp3) is 0.412. The molecule has 0 unspecified atom stereocenters. The molecule has 0 saturated carbocycles. The van der Waals surface area contributed by atoms with E-state index in [1.54, 1.807) is 24.3 Å². The highest BCUT2D eigenvalue weighted by Crippen LogP contribution is 2.20. The molecule has 0 bridgehead atoms. The molecule has 1 fully saturated rings. The largest absolute Gasteiger partial charge is 0.349 e. The summed E-state index contributed by atoms with van der Waals surface area (Å²) in [6.45, 7) is 5.77. The predicted molar refractivity (Wildman–Crippen MR) is 87.8 cm³/mol. The smallest absolute Gasteiger partial charge is 0.253 e. The molecule has 2 amide bonds. The number of hydrogen-bond donors (Lipinski definition) is 2. The van der Waals surface area contributed by atoms with Gasteiger partial charge in [-0.15, -0.1) is 6.58 Å². The van der Waals surface area contributed by atoms with Crippen LogP contribution in [0.4, 0.5) is 5.69 Å². The maximum atomic E-state index is 12.4. The van der Waals surface area contributed by atoms with E-state index in [-0.39, 0.29) is 17.7 Å². The Morgan fingerprint density at radius 2 is 2.18 bits per heavy atom. The van der Waals surface area contributed by atoms with Crippen LogP contribution in [0.5, 0.6) is 0 Å². The molecule has 1 heterocycles. The van der Waals surface area contributed by atoms with E-state index in [1.165, 1.54) is 0 Å². The summed E-state index contributed by atoms with van der Waals surface area (Å²) >= 11 is 0. The number of piperidine rings is 1. The van der Waals surface area contributed by atoms with Crippen molar-refractivity contribution in [1.82, 2.24) is 10.2 Å². The van der Waals surface area contributed by atoms with Gasteiger partial charge in [0.05, 0.1) is 17.2 Å². The minimum Gasteiger partial charge on any atom is -0.349 e. The number of nitrogens with zero attached hydrogens (tertiary/aromatic N) is 1. The number of hydrogen-bond acceptors (Lipinski definition) is 3. The van der Waals surface area contributed by atoms with Crippen LogP contribution in [0.25, 0.3) is 0 Å². The second-order valence-electron chi connectivity index (χ2n) is 5.63. The Morgan fingerprint density at radius 1 is 1.41 bits per heavy atom. The number of anilines is 1. The summed E-state index contributed by atoms with van der Waals surface area (Å²) in [5.41, 5.74) is 1.03. The minimum atomic E-state index is -0.212. The van der Waals surface area contributed by atoms with E-state index in [0.29, 0.717) is 17.8 Å². The Morgan fingerprint density at radius 3 is 2.91 bits per heavy atom. The maximum Gasteiger partial charge on any atom is 0.253 e. The van der Waals surface area contributed by atoms with Crippen molar-refractivity contribution < 1.29 is 9.59 Å². The van der Waals surface area contributed by atoms with Gasteiger partial charge in [-0.25, -0.2) is 0 Å². The van der Waals surface area contributed by atoms with Crippen LogP contribution in [0.3, 0.4) is 0 Å². The highest BCUT2D eigenvalue weighted by atomic mass is 16.2. The molecular formula is C17H23N3O2. The second-order valence-corrected chi connectivity index (χ2v) is 5.63. The van der Waals surface area contributed by atoms with Gasteiger partial charge in [-0.05, 0) is 38.6 Å². The van der Waals surface area contributed by atoms with Crippen molar-refractivity contribution >= 4 is 17.5 Å². The lowest BCUT2D eigenvalue weighted by Crippen LogP contribution is -2.38. The van der Waals surface area contributed by atoms with Gasteiger partial charge in [-0.1, -0.05) is 18.2 Å². The summed E-state index contributed by atoms with van der Waals surface area (Å²) in [6, 6.07) is 7.06. The van der Waals surface area contributed by atoms with Crippen LogP contribution < -0.4 is 10.6 Å². The van der Waals surface area contributed by atoms with Crippen molar-refractivity contribution in [2.24, 2.45) is 5.92 Å². The van der Waals surface area contributed by atoms with E-state index in [2.05, 4.69) is 22.1 Å². The summed E-state index contributed by atoms with van der Waals surface area (Å²) < 4.78 is 0. The Kier molecular flexibility index (Phi) is 5.72. The van der Waals surface area contributed by atoms with Crippen molar-refractivity contribution in [3.05, 3.63) is 42.5 Å². The number of para-hydroxylation sites is 1. The quantitative estimate of drug-likeness (QED) is 0.816. The molecule has 1 aromatic carbocycles. The number of rotatable bonds is 5. The molecule has 1 atom stereocenters. The molecule has 22 heavy (non-hydrogen) atoms. The summed E-state index contributed by atoms with van der Waals surface area (Å²) in [4.78, 5) is 26.7. The normalized spacial score (nSPS) is 18.5. The monoisotopic (exact) mass is 301 g/mol. The van der Waals surface area contributed by atoms with Crippen LogP contribution in [0.1, 0.15) is 23.2 Å². The van der Waals surface area contributed by atoms with Gasteiger partial charge in [0.1, 0.15) is 0 Å². The molecule has 0 aromatic heterocycles. The molecule has 5 heteroatoms. The number of benzene rings is 1. The highest BCUT2D eigenvalue weighted by molar-refractivity contribution is 6.04. The summed E-state index contributed by atoms with van der Waals surface area (Å²) in [7, 11) is 2.02. The fourth-order valence-electron chi connectivity index (χ4n) is 2.67. The average molecular weight is 301 g/mol. The van der Waals surface area contributed by atoms with Crippen molar-refractivity contribution in [2.75, 3.05) is 32.0 Å². The van der Waals surface area contributed by atoms with E-state index in [1.807, 2.05) is 13.1 Å². The third-order valence-electron chi connectivity index (χ3n) is 3.83. The van der Waals surface area contributed by atoms with Crippen molar-refractivity contribution in [3.63, 3.8) is 0 Å². The van der Waals surface area contributed by atoms with E-state index < -0.39 is 0 Å². The molecule has 0 spiro atoms. The Balaban J connectivity index is 2.07. The standard InChI is InChI=1S/C17H23N3O2/c1-3-10-18-17(22)14-8-4-5-9-15(14)19-16(21)13-7-6-11-20(2)12-13/h3-5,8-9,13H,1,6-7,10-12H2,2H3,(H,18,22)(H,19,21)/t13-/m1/s1. The Hall–Kier alpha value is -2.14. The van der Waals surface area contributed by atoms with Crippen LogP contribution in [0.15, 0.2) is 36.9 Å². The molecule has 0 radical (unpaired) electrons. The number of likely N-dealkylation sites (tertiary alicyclic amines) is 1. The molecule has 1 aliphatic rings. The summed E-state index contributed by atoms with van der Waals surface area (Å²) in [5, 5.41) is 5.64. The molecule has 1 aromatic rings. The van der Waals surface area contributed by atoms with Gasteiger partial charge in [0, 0.05) is 13.1 Å². The van der Waals surface area contributed by atoms with Crippen LogP contribution >= 0.6 is 0 Å². The topological polar surface area (TPSA) is 61.4 Å². The van der Waals surface area contributed by atoms with E-state index in [9.17, 15) is 9.59 Å². The minimum absolute atomic E-state index is 0.0180. The Labute approximate surface area is 131 Å². The average Bonchev–Trinajstić information content (AvgIpc) is 2.53. The first-order valence-corrected chi connectivity index (χ1v) is 7.59. The number of carbonyl (C=O) groups is 2. The van der Waals surface area contributed by atoms with Crippen LogP contribution in [-0.4, -0.2) is 43.4 Å². The van der Waals surface area contributed by atoms with Crippen molar-refractivity contribution in [2.45, 2.75) is 12.8 Å². The number of nitrogens with one attached hydrogen (secondary N) is 2. The zero-order valence-electron chi connectivity index (χ0n) is 13.0. The van der Waals surface area contributed by atoms with Gasteiger partial charge < -0.3 is 15.5 Å². The first-order valence-electron chi connectivity index (χ1n) is 7.59. The van der Waals surface area contributed by atoms with Gasteiger partial charge >= 0.3 is 0 Å². The number of carbonyl (C=O) groups excluding carboxylic acids is 2. The first kappa shape index (κ1) is 16.2. The highest BCUT2D eigenvalue weighted by Gasteiger charge is 2.24. The SMILES string of the molecule is C=CCNC(=O)c1ccccc1NC(=O)[C@@H]1CCCN(C)C1. The summed E-state index contributed by atoms with van der Waals surface area (Å²) in [5.74, 6) is -0.255. The van der Waals surface area contributed by atoms with E-state index in [4.69, 9.17) is 0 Å². The van der Waals surface area contributed by atoms with Crippen molar-refractivity contribution in [1.29, 1.82) is 0 Å². The van der Waals surface area contributed by atoms with Crippen LogP contribution in [-0.2, 0) is 4.79 Å². The van der Waals surface area contributed by atoms with Crippen LogP contribution in [0, 0.1) is 5.92 Å². The lowest BCUT2D eigenvalue weighted by Gasteiger charge is -2.28. The van der Waals surface area contributed by atoms with Gasteiger partial charge in [0.2, 0.25) is 5.91 Å². The zero-order chi connectivity index (χ0) is 15.9. The molecule has 1 saturated heterocycles. The second kappa shape index (κ2) is 7.75. The third kappa shape index (κ3) is 4.18. The maximum absolute atomic E-state index is 12.4. The zero-order valence-corrected chi connectivity index (χ0v) is 13.0. The molecule has 5 nitrogen and oxygen atoms in total. The predicted octanol–water partition coefficient (Wildman–Crippen LogP) is 1.88. The van der Waals surface area contributed by atoms with Gasteiger partial charge in [0.15, 0.2) is 0 Å². The lowest BCUT2D eigenvalue weighted by molar-refractivity contribution is -0.121. The van der Waals surface area contributed by atoms with Gasteiger partial charge in [-0.2, -0.15) is 0 Å². The van der Waals surface area contributed by atoms with Crippen molar-refractivity contribution in [3.8, 4) is 0 Å². The molecule has 2 rings (SSSR count). The lowest BCUT2D eigenvalue weighted by atomic mass is 9.97. The van der Waals surface area contributed by atoms with E-state index in [0.717, 1.165) is 25.9 Å². The van der Waals surface area contributed by atoms with E-state index >= 15 is 0 Å². The molecule has 118 valence electrons. The molecule has 2 N–H and O–H groups in total. The molecule has 1 aliphatic heterocycles.